The molecule has 1 N–H and O–H groups in total. The number of para-hydroxylation sites is 2. The SMILES string of the molecule is CCOc1ccccc1NCCc1ccc(F)cc1. The first kappa shape index (κ1) is 13.4. The summed E-state index contributed by atoms with van der Waals surface area (Å²) in [7, 11) is 0. The van der Waals surface area contributed by atoms with Crippen LogP contribution in [0.5, 0.6) is 5.75 Å². The lowest BCUT2D eigenvalue weighted by Gasteiger charge is -2.12. The van der Waals surface area contributed by atoms with Gasteiger partial charge in [0.1, 0.15) is 11.6 Å². The summed E-state index contributed by atoms with van der Waals surface area (Å²) in [5, 5.41) is 3.34. The molecule has 2 aromatic rings. The van der Waals surface area contributed by atoms with E-state index in [1.807, 2.05) is 43.3 Å². The maximum absolute atomic E-state index is 12.8. The molecule has 2 rings (SSSR count). The number of anilines is 1. The van der Waals surface area contributed by atoms with Crippen LogP contribution in [-0.4, -0.2) is 13.2 Å². The highest BCUT2D eigenvalue weighted by Gasteiger charge is 2.01. The zero-order valence-corrected chi connectivity index (χ0v) is 11.0. The van der Waals surface area contributed by atoms with Crippen molar-refractivity contribution in [1.82, 2.24) is 0 Å². The van der Waals surface area contributed by atoms with Gasteiger partial charge < -0.3 is 10.1 Å². The molecule has 0 bridgehead atoms. The van der Waals surface area contributed by atoms with Crippen molar-refractivity contribution in [3.63, 3.8) is 0 Å². The molecule has 19 heavy (non-hydrogen) atoms. The van der Waals surface area contributed by atoms with E-state index in [1.165, 1.54) is 12.1 Å². The molecule has 0 spiro atoms. The molecule has 0 heterocycles. The molecule has 2 aromatic carbocycles. The third-order valence-electron chi connectivity index (χ3n) is 2.83. The van der Waals surface area contributed by atoms with Crippen LogP contribution in [0.25, 0.3) is 0 Å². The second kappa shape index (κ2) is 6.78. The Balaban J connectivity index is 1.90. The molecule has 0 aliphatic heterocycles. The molecule has 0 atom stereocenters. The third kappa shape index (κ3) is 3.98. The van der Waals surface area contributed by atoms with Crippen LogP contribution in [-0.2, 0) is 6.42 Å². The average molecular weight is 259 g/mol. The monoisotopic (exact) mass is 259 g/mol. The van der Waals surface area contributed by atoms with Crippen LogP contribution < -0.4 is 10.1 Å². The van der Waals surface area contributed by atoms with Crippen LogP contribution in [0.1, 0.15) is 12.5 Å². The molecule has 0 saturated heterocycles. The summed E-state index contributed by atoms with van der Waals surface area (Å²) in [6.45, 7) is 3.40. The predicted octanol–water partition coefficient (Wildman–Crippen LogP) is 3.88. The summed E-state index contributed by atoms with van der Waals surface area (Å²) in [6.07, 6.45) is 0.848. The highest BCUT2D eigenvalue weighted by Crippen LogP contribution is 2.23. The number of benzene rings is 2. The number of ether oxygens (including phenoxy) is 1. The fourth-order valence-electron chi connectivity index (χ4n) is 1.89. The maximum atomic E-state index is 12.8. The first-order chi connectivity index (χ1) is 9.29. The van der Waals surface area contributed by atoms with Gasteiger partial charge in [-0.05, 0) is 43.2 Å². The van der Waals surface area contributed by atoms with Crippen LogP contribution in [0.2, 0.25) is 0 Å². The Bertz CT molecular complexity index is 510. The first-order valence-electron chi connectivity index (χ1n) is 6.49. The van der Waals surface area contributed by atoms with Gasteiger partial charge in [-0.25, -0.2) is 4.39 Å². The third-order valence-corrected chi connectivity index (χ3v) is 2.83. The smallest absolute Gasteiger partial charge is 0.142 e. The highest BCUT2D eigenvalue weighted by atomic mass is 19.1. The number of hydrogen-bond acceptors (Lipinski definition) is 2. The molecule has 0 aromatic heterocycles. The summed E-state index contributed by atoms with van der Waals surface area (Å²) in [4.78, 5) is 0. The van der Waals surface area contributed by atoms with Crippen LogP contribution in [0.3, 0.4) is 0 Å². The minimum atomic E-state index is -0.196. The lowest BCUT2D eigenvalue weighted by molar-refractivity contribution is 0.341. The summed E-state index contributed by atoms with van der Waals surface area (Å²) in [5.74, 6) is 0.669. The highest BCUT2D eigenvalue weighted by molar-refractivity contribution is 5.56. The van der Waals surface area contributed by atoms with Crippen molar-refractivity contribution < 1.29 is 9.13 Å². The quantitative estimate of drug-likeness (QED) is 0.850. The minimum absolute atomic E-state index is 0.196. The van der Waals surface area contributed by atoms with E-state index in [-0.39, 0.29) is 5.82 Å². The van der Waals surface area contributed by atoms with E-state index in [4.69, 9.17) is 4.74 Å². The summed E-state index contributed by atoms with van der Waals surface area (Å²) in [5.41, 5.74) is 2.11. The van der Waals surface area contributed by atoms with Gasteiger partial charge >= 0.3 is 0 Å². The van der Waals surface area contributed by atoms with Crippen LogP contribution in [0, 0.1) is 5.82 Å². The largest absolute Gasteiger partial charge is 0.492 e. The maximum Gasteiger partial charge on any atom is 0.142 e. The number of rotatable bonds is 6. The Kier molecular flexibility index (Phi) is 4.78. The molecule has 0 radical (unpaired) electrons. The molecular weight excluding hydrogens is 241 g/mol. The van der Waals surface area contributed by atoms with Gasteiger partial charge in [0.05, 0.1) is 12.3 Å². The lowest BCUT2D eigenvalue weighted by Crippen LogP contribution is -2.06. The van der Waals surface area contributed by atoms with Gasteiger partial charge in [-0.2, -0.15) is 0 Å². The van der Waals surface area contributed by atoms with Gasteiger partial charge in [0, 0.05) is 6.54 Å². The van der Waals surface area contributed by atoms with E-state index >= 15 is 0 Å². The summed E-state index contributed by atoms with van der Waals surface area (Å²) < 4.78 is 18.3. The second-order valence-electron chi connectivity index (χ2n) is 4.23. The van der Waals surface area contributed by atoms with Crippen LogP contribution >= 0.6 is 0 Å². The number of hydrogen-bond donors (Lipinski definition) is 1. The molecule has 2 nitrogen and oxygen atoms in total. The minimum Gasteiger partial charge on any atom is -0.492 e. The van der Waals surface area contributed by atoms with Crippen molar-refractivity contribution >= 4 is 5.69 Å². The van der Waals surface area contributed by atoms with Gasteiger partial charge in [-0.1, -0.05) is 24.3 Å². The Morgan fingerprint density at radius 3 is 2.53 bits per heavy atom. The van der Waals surface area contributed by atoms with Crippen molar-refractivity contribution in [3.05, 3.63) is 59.9 Å². The van der Waals surface area contributed by atoms with Crippen molar-refractivity contribution in [3.8, 4) is 5.75 Å². The standard InChI is InChI=1S/C16H18FNO/c1-2-19-16-6-4-3-5-15(16)18-12-11-13-7-9-14(17)10-8-13/h3-10,18H,2,11-12H2,1H3. The molecule has 0 saturated carbocycles. The molecule has 0 aliphatic rings. The fraction of sp³-hybridized carbons (Fsp3) is 0.250. The molecule has 0 fully saturated rings. The van der Waals surface area contributed by atoms with Crippen molar-refractivity contribution in [2.24, 2.45) is 0 Å². The normalized spacial score (nSPS) is 10.2. The zero-order chi connectivity index (χ0) is 13.5. The van der Waals surface area contributed by atoms with E-state index in [0.29, 0.717) is 6.61 Å². The van der Waals surface area contributed by atoms with E-state index in [2.05, 4.69) is 5.32 Å². The summed E-state index contributed by atoms with van der Waals surface area (Å²) in [6, 6.07) is 14.5. The molecule has 0 unspecified atom stereocenters. The Hall–Kier alpha value is -2.03. The van der Waals surface area contributed by atoms with Crippen molar-refractivity contribution in [2.45, 2.75) is 13.3 Å². The van der Waals surface area contributed by atoms with E-state index in [9.17, 15) is 4.39 Å². The topological polar surface area (TPSA) is 21.3 Å². The molecule has 0 amide bonds. The Labute approximate surface area is 113 Å². The Morgan fingerprint density at radius 2 is 1.79 bits per heavy atom. The van der Waals surface area contributed by atoms with E-state index < -0.39 is 0 Å². The van der Waals surface area contributed by atoms with Crippen LogP contribution in [0.15, 0.2) is 48.5 Å². The van der Waals surface area contributed by atoms with Crippen LogP contribution in [0.4, 0.5) is 10.1 Å². The van der Waals surface area contributed by atoms with Gasteiger partial charge in [-0.15, -0.1) is 0 Å². The zero-order valence-electron chi connectivity index (χ0n) is 11.0. The van der Waals surface area contributed by atoms with Gasteiger partial charge in [0.25, 0.3) is 0 Å². The van der Waals surface area contributed by atoms with E-state index in [0.717, 1.165) is 30.0 Å². The van der Waals surface area contributed by atoms with Crippen molar-refractivity contribution in [1.29, 1.82) is 0 Å². The second-order valence-corrected chi connectivity index (χ2v) is 4.23. The molecular formula is C16H18FNO. The molecule has 0 aliphatic carbocycles. The average Bonchev–Trinajstić information content (AvgIpc) is 2.43. The van der Waals surface area contributed by atoms with Crippen molar-refractivity contribution in [2.75, 3.05) is 18.5 Å². The first-order valence-corrected chi connectivity index (χ1v) is 6.49. The van der Waals surface area contributed by atoms with E-state index in [1.54, 1.807) is 0 Å². The number of nitrogens with one attached hydrogen (secondary N) is 1. The summed E-state index contributed by atoms with van der Waals surface area (Å²) >= 11 is 0. The molecule has 100 valence electrons. The number of halogens is 1. The van der Waals surface area contributed by atoms with Gasteiger partial charge in [0.2, 0.25) is 0 Å². The predicted molar refractivity (Wildman–Crippen MR) is 76.2 cm³/mol. The molecule has 3 heteroatoms. The lowest BCUT2D eigenvalue weighted by atomic mass is 10.1. The van der Waals surface area contributed by atoms with Gasteiger partial charge in [0.15, 0.2) is 0 Å². The fourth-order valence-corrected chi connectivity index (χ4v) is 1.89. The van der Waals surface area contributed by atoms with Gasteiger partial charge in [-0.3, -0.25) is 0 Å². The Morgan fingerprint density at radius 1 is 1.05 bits per heavy atom.